The number of hydrogen-bond donors (Lipinski definition) is 0. The van der Waals surface area contributed by atoms with Gasteiger partial charge in [0.05, 0.1) is 5.69 Å². The van der Waals surface area contributed by atoms with E-state index in [0.29, 0.717) is 12.3 Å². The lowest BCUT2D eigenvalue weighted by molar-refractivity contribution is 0.304. The second-order valence-electron chi connectivity index (χ2n) is 5.99. The molecule has 1 aromatic heterocycles. The zero-order valence-corrected chi connectivity index (χ0v) is 15.3. The molecule has 0 fully saturated rings. The van der Waals surface area contributed by atoms with Crippen LogP contribution in [0.2, 0.25) is 0 Å². The summed E-state index contributed by atoms with van der Waals surface area (Å²) in [6.07, 6.45) is 0. The van der Waals surface area contributed by atoms with Crippen LogP contribution in [0, 0.1) is 6.92 Å². The van der Waals surface area contributed by atoms with Gasteiger partial charge in [-0.3, -0.25) is 4.99 Å². The molecule has 0 N–H and O–H groups in total. The highest BCUT2D eigenvalue weighted by Crippen LogP contribution is 2.21. The number of rotatable bonds is 5. The Balaban J connectivity index is 1.92. The molecule has 0 saturated heterocycles. The van der Waals surface area contributed by atoms with Gasteiger partial charge in [-0.1, -0.05) is 24.3 Å². The highest BCUT2D eigenvalue weighted by molar-refractivity contribution is 5.98. The topological polar surface area (TPSA) is 74.3 Å². The molecule has 0 saturated carbocycles. The van der Waals surface area contributed by atoms with Gasteiger partial charge in [-0.05, 0) is 53.6 Å². The summed E-state index contributed by atoms with van der Waals surface area (Å²) in [5.41, 5.74) is 4.24. The van der Waals surface area contributed by atoms with Crippen LogP contribution in [0.15, 0.2) is 52.3 Å². The standard InChI is InChI=1S/C19H21N5O2/c1-13-7-5-10-18(24-19(25)23(4)21-22-24)17(13)12-26-16-9-6-8-15(11-16)14(2)20-3/h5-11H,12H2,1-4H3. The maximum Gasteiger partial charge on any atom is 0.368 e. The number of aryl methyl sites for hydroxylation is 2. The van der Waals surface area contributed by atoms with Crippen molar-refractivity contribution < 1.29 is 4.74 Å². The minimum atomic E-state index is -0.298. The molecule has 3 aromatic rings. The summed E-state index contributed by atoms with van der Waals surface area (Å²) in [4.78, 5) is 16.4. The van der Waals surface area contributed by atoms with Crippen molar-refractivity contribution in [2.24, 2.45) is 12.0 Å². The van der Waals surface area contributed by atoms with Crippen molar-refractivity contribution in [2.45, 2.75) is 20.5 Å². The largest absolute Gasteiger partial charge is 0.489 e. The number of nitrogens with zero attached hydrogens (tertiary/aromatic N) is 5. The van der Waals surface area contributed by atoms with Crippen LogP contribution in [0.3, 0.4) is 0 Å². The lowest BCUT2D eigenvalue weighted by Gasteiger charge is -2.13. The van der Waals surface area contributed by atoms with E-state index in [4.69, 9.17) is 4.74 Å². The molecule has 1 heterocycles. The maximum atomic E-state index is 12.2. The van der Waals surface area contributed by atoms with Gasteiger partial charge in [0, 0.05) is 25.4 Å². The molecule has 26 heavy (non-hydrogen) atoms. The second kappa shape index (κ2) is 7.35. The third-order valence-corrected chi connectivity index (χ3v) is 4.31. The molecule has 0 aliphatic carbocycles. The number of tetrazole rings is 1. The highest BCUT2D eigenvalue weighted by atomic mass is 16.5. The molecule has 0 bridgehead atoms. The molecular formula is C19H21N5O2. The second-order valence-corrected chi connectivity index (χ2v) is 5.99. The first kappa shape index (κ1) is 17.6. The molecule has 0 radical (unpaired) electrons. The lowest BCUT2D eigenvalue weighted by Crippen LogP contribution is -2.23. The molecule has 3 rings (SSSR count). The number of ether oxygens (including phenoxy) is 1. The summed E-state index contributed by atoms with van der Waals surface area (Å²) in [6, 6.07) is 13.5. The van der Waals surface area contributed by atoms with E-state index >= 15 is 0 Å². The fraction of sp³-hybridized carbons (Fsp3) is 0.263. The summed E-state index contributed by atoms with van der Waals surface area (Å²) < 4.78 is 8.48. The Kier molecular flexibility index (Phi) is 4.97. The fourth-order valence-corrected chi connectivity index (χ4v) is 2.63. The molecule has 0 spiro atoms. The minimum Gasteiger partial charge on any atom is -0.489 e. The Bertz CT molecular complexity index is 1020. The van der Waals surface area contributed by atoms with Gasteiger partial charge in [0.2, 0.25) is 0 Å². The maximum absolute atomic E-state index is 12.2. The Morgan fingerprint density at radius 1 is 1.19 bits per heavy atom. The highest BCUT2D eigenvalue weighted by Gasteiger charge is 2.13. The Morgan fingerprint density at radius 3 is 2.65 bits per heavy atom. The van der Waals surface area contributed by atoms with Crippen molar-refractivity contribution >= 4 is 5.71 Å². The van der Waals surface area contributed by atoms with Crippen molar-refractivity contribution in [3.05, 3.63) is 69.6 Å². The van der Waals surface area contributed by atoms with Gasteiger partial charge in [0.25, 0.3) is 0 Å². The van der Waals surface area contributed by atoms with Crippen molar-refractivity contribution in [3.8, 4) is 11.4 Å². The van der Waals surface area contributed by atoms with Gasteiger partial charge in [0.1, 0.15) is 12.4 Å². The quantitative estimate of drug-likeness (QED) is 0.661. The van der Waals surface area contributed by atoms with E-state index in [1.165, 1.54) is 9.36 Å². The van der Waals surface area contributed by atoms with Crippen LogP contribution in [0.4, 0.5) is 0 Å². The van der Waals surface area contributed by atoms with Crippen LogP contribution in [-0.4, -0.2) is 32.5 Å². The van der Waals surface area contributed by atoms with Crippen LogP contribution in [0.5, 0.6) is 5.75 Å². The zero-order chi connectivity index (χ0) is 18.7. The summed E-state index contributed by atoms with van der Waals surface area (Å²) in [6.45, 7) is 4.25. The van der Waals surface area contributed by atoms with Crippen molar-refractivity contribution in [2.75, 3.05) is 7.05 Å². The van der Waals surface area contributed by atoms with Gasteiger partial charge in [-0.25, -0.2) is 4.79 Å². The monoisotopic (exact) mass is 351 g/mol. The number of hydrogen-bond acceptors (Lipinski definition) is 5. The van der Waals surface area contributed by atoms with Crippen molar-refractivity contribution in [1.82, 2.24) is 19.8 Å². The van der Waals surface area contributed by atoms with Gasteiger partial charge in [0.15, 0.2) is 0 Å². The Hall–Kier alpha value is -3.22. The normalized spacial score (nSPS) is 11.6. The molecular weight excluding hydrogens is 330 g/mol. The Morgan fingerprint density at radius 2 is 1.96 bits per heavy atom. The predicted octanol–water partition coefficient (Wildman–Crippen LogP) is 2.29. The third-order valence-electron chi connectivity index (χ3n) is 4.31. The van der Waals surface area contributed by atoms with E-state index in [9.17, 15) is 4.79 Å². The molecule has 134 valence electrons. The fourth-order valence-electron chi connectivity index (χ4n) is 2.63. The van der Waals surface area contributed by atoms with Crippen molar-refractivity contribution in [1.29, 1.82) is 0 Å². The molecule has 2 aromatic carbocycles. The molecule has 0 amide bonds. The van der Waals surface area contributed by atoms with Gasteiger partial charge in [-0.15, -0.1) is 0 Å². The summed E-state index contributed by atoms with van der Waals surface area (Å²) in [5.74, 6) is 0.742. The molecule has 0 aliphatic rings. The van der Waals surface area contributed by atoms with E-state index in [0.717, 1.165) is 28.2 Å². The van der Waals surface area contributed by atoms with Crippen LogP contribution >= 0.6 is 0 Å². The molecule has 7 nitrogen and oxygen atoms in total. The van der Waals surface area contributed by atoms with E-state index < -0.39 is 0 Å². The lowest BCUT2D eigenvalue weighted by atomic mass is 10.1. The van der Waals surface area contributed by atoms with E-state index in [-0.39, 0.29) is 5.69 Å². The first-order valence-electron chi connectivity index (χ1n) is 8.25. The SMILES string of the molecule is CN=C(C)c1cccc(OCc2c(C)cccc2-n2nnn(C)c2=O)c1. The van der Waals surface area contributed by atoms with Crippen LogP contribution in [0.25, 0.3) is 5.69 Å². The molecule has 0 aliphatic heterocycles. The summed E-state index contributed by atoms with van der Waals surface area (Å²) in [5, 5.41) is 7.72. The van der Waals surface area contributed by atoms with Crippen LogP contribution < -0.4 is 10.4 Å². The van der Waals surface area contributed by atoms with Crippen LogP contribution in [0.1, 0.15) is 23.6 Å². The van der Waals surface area contributed by atoms with Gasteiger partial charge < -0.3 is 4.74 Å². The van der Waals surface area contributed by atoms with E-state index in [1.54, 1.807) is 14.1 Å². The number of benzene rings is 2. The molecule has 0 atom stereocenters. The number of aromatic nitrogens is 4. The van der Waals surface area contributed by atoms with Gasteiger partial charge >= 0.3 is 5.69 Å². The average Bonchev–Trinajstić information content (AvgIpc) is 2.99. The zero-order valence-electron chi connectivity index (χ0n) is 15.3. The van der Waals surface area contributed by atoms with E-state index in [1.807, 2.05) is 56.3 Å². The summed E-state index contributed by atoms with van der Waals surface area (Å²) >= 11 is 0. The van der Waals surface area contributed by atoms with Crippen molar-refractivity contribution in [3.63, 3.8) is 0 Å². The smallest absolute Gasteiger partial charge is 0.368 e. The van der Waals surface area contributed by atoms with E-state index in [2.05, 4.69) is 15.4 Å². The first-order valence-corrected chi connectivity index (χ1v) is 8.25. The minimum absolute atomic E-state index is 0.298. The summed E-state index contributed by atoms with van der Waals surface area (Å²) in [7, 11) is 3.34. The molecule has 7 heteroatoms. The third kappa shape index (κ3) is 3.42. The average molecular weight is 351 g/mol. The van der Waals surface area contributed by atoms with Gasteiger partial charge in [-0.2, -0.15) is 9.36 Å². The first-order chi connectivity index (χ1) is 12.5. The molecule has 0 unspecified atom stereocenters. The van der Waals surface area contributed by atoms with Crippen LogP contribution in [-0.2, 0) is 13.7 Å². The predicted molar refractivity (Wildman–Crippen MR) is 100 cm³/mol. The number of aliphatic imine (C=N–C) groups is 1. The Labute approximate surface area is 151 Å².